The summed E-state index contributed by atoms with van der Waals surface area (Å²) in [6.07, 6.45) is 1.03. The zero-order chi connectivity index (χ0) is 19.3. The van der Waals surface area contributed by atoms with Crippen molar-refractivity contribution >= 4 is 38.9 Å². The van der Waals surface area contributed by atoms with Crippen LogP contribution in [0.25, 0.3) is 0 Å². The maximum atomic E-state index is 12.4. The normalized spacial score (nSPS) is 10.9. The van der Waals surface area contributed by atoms with Crippen LogP contribution in [0.15, 0.2) is 48.5 Å². The summed E-state index contributed by atoms with van der Waals surface area (Å²) in [5.74, 6) is -0.736. The number of carbonyl (C=O) groups is 2. The third-order valence-electron chi connectivity index (χ3n) is 3.56. The summed E-state index contributed by atoms with van der Waals surface area (Å²) in [4.78, 5) is 23.6. The molecule has 2 aromatic carbocycles. The van der Waals surface area contributed by atoms with Crippen molar-refractivity contribution in [2.75, 3.05) is 27.7 Å². The number of benzene rings is 2. The highest BCUT2D eigenvalue weighted by atomic mass is 32.2. The molecule has 7 nitrogen and oxygen atoms in total. The second-order valence-corrected chi connectivity index (χ2v) is 7.77. The molecule has 0 aliphatic rings. The Labute approximate surface area is 153 Å². The van der Waals surface area contributed by atoms with E-state index >= 15 is 0 Å². The molecular formula is C18H21N3O4S. The number of sulfonamides is 1. The van der Waals surface area contributed by atoms with Crippen LogP contribution in [-0.2, 0) is 19.6 Å². The van der Waals surface area contributed by atoms with E-state index in [1.165, 1.54) is 13.0 Å². The van der Waals surface area contributed by atoms with Gasteiger partial charge in [-0.15, -0.1) is 0 Å². The average molecular weight is 375 g/mol. The first-order chi connectivity index (χ1) is 12.2. The van der Waals surface area contributed by atoms with E-state index in [-0.39, 0.29) is 12.5 Å². The number of anilines is 3. The molecule has 0 bridgehead atoms. The van der Waals surface area contributed by atoms with Gasteiger partial charge < -0.3 is 10.6 Å². The zero-order valence-electron chi connectivity index (χ0n) is 14.8. The molecule has 26 heavy (non-hydrogen) atoms. The molecule has 2 N–H and O–H groups in total. The van der Waals surface area contributed by atoms with Gasteiger partial charge in [0.2, 0.25) is 21.8 Å². The molecule has 138 valence electrons. The van der Waals surface area contributed by atoms with E-state index in [4.69, 9.17) is 0 Å². The molecule has 0 aromatic heterocycles. The SMILES string of the molecule is CC(=O)Nc1cccc(N(CC(=O)Nc2ccccc2C)S(C)(=O)=O)c1. The van der Waals surface area contributed by atoms with Crippen molar-refractivity contribution in [1.29, 1.82) is 0 Å². The third kappa shape index (κ3) is 5.32. The smallest absolute Gasteiger partial charge is 0.245 e. The summed E-state index contributed by atoms with van der Waals surface area (Å²) in [6.45, 7) is 2.83. The van der Waals surface area contributed by atoms with Gasteiger partial charge in [0.05, 0.1) is 11.9 Å². The molecular weight excluding hydrogens is 354 g/mol. The number of hydrogen-bond donors (Lipinski definition) is 2. The minimum Gasteiger partial charge on any atom is -0.326 e. The number of rotatable bonds is 6. The van der Waals surface area contributed by atoms with Crippen molar-refractivity contribution in [2.24, 2.45) is 0 Å². The first kappa shape index (κ1) is 19.5. The number of carbonyl (C=O) groups excluding carboxylic acids is 2. The number of hydrogen-bond acceptors (Lipinski definition) is 4. The highest BCUT2D eigenvalue weighted by Gasteiger charge is 2.21. The van der Waals surface area contributed by atoms with Crippen molar-refractivity contribution in [3.05, 3.63) is 54.1 Å². The Morgan fingerprint density at radius 3 is 2.35 bits per heavy atom. The predicted molar refractivity (Wildman–Crippen MR) is 103 cm³/mol. The van der Waals surface area contributed by atoms with Crippen LogP contribution in [0, 0.1) is 6.92 Å². The van der Waals surface area contributed by atoms with Gasteiger partial charge in [0, 0.05) is 18.3 Å². The van der Waals surface area contributed by atoms with E-state index in [2.05, 4.69) is 10.6 Å². The maximum Gasteiger partial charge on any atom is 0.245 e. The molecule has 0 heterocycles. The van der Waals surface area contributed by atoms with Crippen LogP contribution in [0.2, 0.25) is 0 Å². The number of para-hydroxylation sites is 1. The first-order valence-electron chi connectivity index (χ1n) is 7.87. The van der Waals surface area contributed by atoms with Gasteiger partial charge in [-0.1, -0.05) is 24.3 Å². The fourth-order valence-corrected chi connectivity index (χ4v) is 3.22. The summed E-state index contributed by atoms with van der Waals surface area (Å²) in [5.41, 5.74) is 2.24. The van der Waals surface area contributed by atoms with Gasteiger partial charge in [-0.25, -0.2) is 8.42 Å². The summed E-state index contributed by atoms with van der Waals surface area (Å²) < 4.78 is 25.3. The number of nitrogens with zero attached hydrogens (tertiary/aromatic N) is 1. The predicted octanol–water partition coefficient (Wildman–Crippen LogP) is 2.36. The van der Waals surface area contributed by atoms with E-state index in [0.717, 1.165) is 16.1 Å². The quantitative estimate of drug-likeness (QED) is 0.810. The summed E-state index contributed by atoms with van der Waals surface area (Å²) in [6, 6.07) is 13.5. The lowest BCUT2D eigenvalue weighted by Crippen LogP contribution is -2.37. The largest absolute Gasteiger partial charge is 0.326 e. The van der Waals surface area contributed by atoms with Crippen LogP contribution in [-0.4, -0.2) is 33.0 Å². The lowest BCUT2D eigenvalue weighted by molar-refractivity contribution is -0.115. The number of nitrogens with one attached hydrogen (secondary N) is 2. The van der Waals surface area contributed by atoms with E-state index in [1.54, 1.807) is 30.3 Å². The van der Waals surface area contributed by atoms with Gasteiger partial charge in [-0.3, -0.25) is 13.9 Å². The fraction of sp³-hybridized carbons (Fsp3) is 0.222. The number of aryl methyl sites for hydroxylation is 1. The Morgan fingerprint density at radius 1 is 1.04 bits per heavy atom. The molecule has 0 radical (unpaired) electrons. The Hall–Kier alpha value is -2.87. The monoisotopic (exact) mass is 375 g/mol. The molecule has 2 amide bonds. The molecule has 0 unspecified atom stereocenters. The standard InChI is InChI=1S/C18H21N3O4S/c1-13-7-4-5-10-17(13)20-18(23)12-21(26(3,24)25)16-9-6-8-15(11-16)19-14(2)22/h4-11H,12H2,1-3H3,(H,19,22)(H,20,23). The van der Waals surface area contributed by atoms with Crippen LogP contribution in [0.5, 0.6) is 0 Å². The van der Waals surface area contributed by atoms with Gasteiger partial charge in [-0.05, 0) is 36.8 Å². The minimum absolute atomic E-state index is 0.273. The molecule has 0 saturated heterocycles. The molecule has 0 fully saturated rings. The van der Waals surface area contributed by atoms with Gasteiger partial charge in [-0.2, -0.15) is 0 Å². The fourth-order valence-electron chi connectivity index (χ4n) is 2.38. The van der Waals surface area contributed by atoms with Crippen molar-refractivity contribution in [2.45, 2.75) is 13.8 Å². The highest BCUT2D eigenvalue weighted by molar-refractivity contribution is 7.92. The Kier molecular flexibility index (Phi) is 5.99. The van der Waals surface area contributed by atoms with Crippen molar-refractivity contribution in [3.8, 4) is 0 Å². The molecule has 8 heteroatoms. The molecule has 2 aromatic rings. The zero-order valence-corrected chi connectivity index (χ0v) is 15.6. The average Bonchev–Trinajstić information content (AvgIpc) is 2.53. The van der Waals surface area contributed by atoms with E-state index in [1.807, 2.05) is 19.1 Å². The van der Waals surface area contributed by atoms with E-state index in [9.17, 15) is 18.0 Å². The summed E-state index contributed by atoms with van der Waals surface area (Å²) in [5, 5.41) is 5.31. The lowest BCUT2D eigenvalue weighted by Gasteiger charge is -2.22. The minimum atomic E-state index is -3.70. The van der Waals surface area contributed by atoms with Crippen molar-refractivity contribution < 1.29 is 18.0 Å². The van der Waals surface area contributed by atoms with Crippen LogP contribution in [0.4, 0.5) is 17.1 Å². The van der Waals surface area contributed by atoms with E-state index < -0.39 is 15.9 Å². The molecule has 2 rings (SSSR count). The molecule has 0 spiro atoms. The van der Waals surface area contributed by atoms with Crippen molar-refractivity contribution in [1.82, 2.24) is 0 Å². The Balaban J connectivity index is 2.25. The van der Waals surface area contributed by atoms with Crippen LogP contribution in [0.1, 0.15) is 12.5 Å². The van der Waals surface area contributed by atoms with Crippen molar-refractivity contribution in [3.63, 3.8) is 0 Å². The highest BCUT2D eigenvalue weighted by Crippen LogP contribution is 2.22. The first-order valence-corrected chi connectivity index (χ1v) is 9.72. The van der Waals surface area contributed by atoms with E-state index in [0.29, 0.717) is 17.1 Å². The number of amides is 2. The topological polar surface area (TPSA) is 95.6 Å². The Bertz CT molecular complexity index is 926. The molecule has 0 aliphatic carbocycles. The second kappa shape index (κ2) is 8.01. The Morgan fingerprint density at radius 2 is 1.73 bits per heavy atom. The molecule has 0 saturated carbocycles. The van der Waals surface area contributed by atoms with Gasteiger partial charge >= 0.3 is 0 Å². The third-order valence-corrected chi connectivity index (χ3v) is 4.70. The van der Waals surface area contributed by atoms with Gasteiger partial charge in [0.25, 0.3) is 0 Å². The van der Waals surface area contributed by atoms with Crippen LogP contribution < -0.4 is 14.9 Å². The van der Waals surface area contributed by atoms with Crippen LogP contribution in [0.3, 0.4) is 0 Å². The van der Waals surface area contributed by atoms with Gasteiger partial charge in [0.15, 0.2) is 0 Å². The second-order valence-electron chi connectivity index (χ2n) is 5.86. The summed E-state index contributed by atoms with van der Waals surface area (Å²) in [7, 11) is -3.70. The maximum absolute atomic E-state index is 12.4. The van der Waals surface area contributed by atoms with Crippen LogP contribution >= 0.6 is 0 Å². The molecule has 0 atom stereocenters. The molecule has 0 aliphatic heterocycles. The lowest BCUT2D eigenvalue weighted by atomic mass is 10.2. The summed E-state index contributed by atoms with van der Waals surface area (Å²) >= 11 is 0. The van der Waals surface area contributed by atoms with Gasteiger partial charge in [0.1, 0.15) is 6.54 Å².